The van der Waals surface area contributed by atoms with Crippen LogP contribution in [0.4, 0.5) is 4.79 Å². The number of para-hydroxylation sites is 1. The summed E-state index contributed by atoms with van der Waals surface area (Å²) >= 11 is 0. The number of carbonyl (C=O) groups is 1. The molecule has 106 valence electrons. The molecule has 0 unspecified atom stereocenters. The minimum absolute atomic E-state index is 0.0512. The van der Waals surface area contributed by atoms with Crippen molar-refractivity contribution < 1.29 is 14.3 Å². The van der Waals surface area contributed by atoms with Crippen LogP contribution in [0, 0.1) is 11.3 Å². The molecule has 6 heteroatoms. The fourth-order valence-electron chi connectivity index (χ4n) is 1.28. The highest BCUT2D eigenvalue weighted by Gasteiger charge is 2.15. The van der Waals surface area contributed by atoms with Crippen LogP contribution in [0.25, 0.3) is 0 Å². The highest BCUT2D eigenvalue weighted by Crippen LogP contribution is 2.15. The van der Waals surface area contributed by atoms with Gasteiger partial charge in [-0.05, 0) is 32.9 Å². The summed E-state index contributed by atoms with van der Waals surface area (Å²) in [4.78, 5) is 11.4. The van der Waals surface area contributed by atoms with Crippen LogP contribution in [0.2, 0.25) is 0 Å². The van der Waals surface area contributed by atoms with Crippen molar-refractivity contribution in [2.45, 2.75) is 26.4 Å². The molecule has 0 saturated heterocycles. The number of hydrazone groups is 1. The Labute approximate surface area is 118 Å². The molecular weight excluding hydrogens is 258 g/mol. The van der Waals surface area contributed by atoms with Crippen molar-refractivity contribution in [3.63, 3.8) is 0 Å². The summed E-state index contributed by atoms with van der Waals surface area (Å²) in [6.45, 7) is 5.24. The van der Waals surface area contributed by atoms with Crippen molar-refractivity contribution in [1.29, 1.82) is 5.26 Å². The Kier molecular flexibility index (Phi) is 5.54. The van der Waals surface area contributed by atoms with Gasteiger partial charge in [-0.15, -0.1) is 0 Å². The Balaban J connectivity index is 2.62. The molecule has 6 nitrogen and oxygen atoms in total. The van der Waals surface area contributed by atoms with E-state index in [9.17, 15) is 4.79 Å². The van der Waals surface area contributed by atoms with Crippen molar-refractivity contribution >= 4 is 12.3 Å². The van der Waals surface area contributed by atoms with E-state index in [0.29, 0.717) is 11.3 Å². The first-order chi connectivity index (χ1) is 9.42. The third-order valence-corrected chi connectivity index (χ3v) is 1.97. The van der Waals surface area contributed by atoms with E-state index < -0.39 is 11.7 Å². The van der Waals surface area contributed by atoms with Crippen LogP contribution in [-0.2, 0) is 4.74 Å². The van der Waals surface area contributed by atoms with E-state index in [1.807, 2.05) is 6.07 Å². The zero-order valence-corrected chi connectivity index (χ0v) is 11.7. The van der Waals surface area contributed by atoms with E-state index in [4.69, 9.17) is 14.7 Å². The van der Waals surface area contributed by atoms with E-state index in [-0.39, 0.29) is 6.61 Å². The average Bonchev–Trinajstić information content (AvgIpc) is 2.35. The van der Waals surface area contributed by atoms with Crippen LogP contribution in [-0.4, -0.2) is 24.5 Å². The van der Waals surface area contributed by atoms with E-state index in [2.05, 4.69) is 10.5 Å². The zero-order chi connectivity index (χ0) is 15.0. The molecule has 0 heterocycles. The Morgan fingerprint density at radius 2 is 2.15 bits per heavy atom. The van der Waals surface area contributed by atoms with Gasteiger partial charge in [-0.2, -0.15) is 10.4 Å². The summed E-state index contributed by atoms with van der Waals surface area (Å²) in [6.07, 6.45) is 0.792. The first-order valence-corrected chi connectivity index (χ1v) is 6.03. The van der Waals surface area contributed by atoms with Crippen molar-refractivity contribution in [1.82, 2.24) is 5.43 Å². The lowest BCUT2D eigenvalue weighted by atomic mass is 10.2. The number of rotatable bonds is 4. The van der Waals surface area contributed by atoms with Gasteiger partial charge in [0.1, 0.15) is 17.4 Å². The summed E-state index contributed by atoms with van der Waals surface area (Å²) in [5.74, 6) is 0.517. The van der Waals surface area contributed by atoms with E-state index in [1.54, 1.807) is 45.0 Å². The number of hydrogen-bond acceptors (Lipinski definition) is 5. The zero-order valence-electron chi connectivity index (χ0n) is 11.7. The minimum atomic E-state index is -0.635. The molecule has 0 aliphatic carbocycles. The monoisotopic (exact) mass is 275 g/mol. The highest BCUT2D eigenvalue weighted by molar-refractivity contribution is 5.84. The summed E-state index contributed by atoms with van der Waals surface area (Å²) in [6, 6.07) is 8.94. The Bertz CT molecular complexity index is 527. The standard InChI is InChI=1S/C14H17N3O3/c1-14(2,3)20-13(18)17-16-10-11-6-4-5-7-12(11)19-9-8-15/h4-7,10H,9H2,1-3H3,(H,17,18)/b16-10-. The quantitative estimate of drug-likeness (QED) is 0.675. The molecule has 0 atom stereocenters. The van der Waals surface area contributed by atoms with Gasteiger partial charge in [-0.1, -0.05) is 12.1 Å². The van der Waals surface area contributed by atoms with Gasteiger partial charge in [0.25, 0.3) is 0 Å². The van der Waals surface area contributed by atoms with Gasteiger partial charge in [0.15, 0.2) is 6.61 Å². The fourth-order valence-corrected chi connectivity index (χ4v) is 1.28. The van der Waals surface area contributed by atoms with E-state index in [1.165, 1.54) is 6.21 Å². The first-order valence-electron chi connectivity index (χ1n) is 6.03. The number of nitrogens with zero attached hydrogens (tertiary/aromatic N) is 2. The molecule has 0 fully saturated rings. The average molecular weight is 275 g/mol. The third-order valence-electron chi connectivity index (χ3n) is 1.97. The molecule has 0 aromatic heterocycles. The lowest BCUT2D eigenvalue weighted by Gasteiger charge is -2.18. The molecule has 20 heavy (non-hydrogen) atoms. The van der Waals surface area contributed by atoms with Gasteiger partial charge >= 0.3 is 6.09 Å². The molecule has 1 amide bonds. The smallest absolute Gasteiger partial charge is 0.428 e. The predicted octanol–water partition coefficient (Wildman–Crippen LogP) is 2.45. The fraction of sp³-hybridized carbons (Fsp3) is 0.357. The normalized spacial score (nSPS) is 10.9. The molecule has 0 aliphatic heterocycles. The van der Waals surface area contributed by atoms with Gasteiger partial charge in [0.05, 0.1) is 6.21 Å². The van der Waals surface area contributed by atoms with E-state index >= 15 is 0 Å². The second-order valence-corrected chi connectivity index (χ2v) is 4.86. The molecule has 0 radical (unpaired) electrons. The van der Waals surface area contributed by atoms with Crippen molar-refractivity contribution in [3.8, 4) is 11.8 Å². The summed E-state index contributed by atoms with van der Waals surface area (Å²) < 4.78 is 10.3. The third kappa shape index (κ3) is 5.87. The number of amides is 1. The summed E-state index contributed by atoms with van der Waals surface area (Å²) in [7, 11) is 0. The highest BCUT2D eigenvalue weighted by atomic mass is 16.6. The van der Waals surface area contributed by atoms with E-state index in [0.717, 1.165) is 0 Å². The molecular formula is C14H17N3O3. The topological polar surface area (TPSA) is 83.7 Å². The summed E-state index contributed by atoms with van der Waals surface area (Å²) in [5.41, 5.74) is 2.33. The van der Waals surface area contributed by atoms with Gasteiger partial charge in [0, 0.05) is 5.56 Å². The second kappa shape index (κ2) is 7.14. The predicted molar refractivity (Wildman–Crippen MR) is 74.5 cm³/mol. The van der Waals surface area contributed by atoms with Crippen LogP contribution in [0.1, 0.15) is 26.3 Å². The minimum Gasteiger partial charge on any atom is -0.478 e. The number of carbonyl (C=O) groups excluding carboxylic acids is 1. The molecule has 0 aliphatic rings. The second-order valence-electron chi connectivity index (χ2n) is 4.86. The molecule has 1 aromatic rings. The van der Waals surface area contributed by atoms with Crippen LogP contribution >= 0.6 is 0 Å². The lowest BCUT2D eigenvalue weighted by Crippen LogP contribution is -2.29. The first kappa shape index (κ1) is 15.5. The van der Waals surface area contributed by atoms with Crippen LogP contribution < -0.4 is 10.2 Å². The maximum atomic E-state index is 11.4. The molecule has 0 bridgehead atoms. The molecule has 0 saturated carbocycles. The number of nitriles is 1. The van der Waals surface area contributed by atoms with Gasteiger partial charge in [0.2, 0.25) is 0 Å². The molecule has 1 N–H and O–H groups in total. The number of ether oxygens (including phenoxy) is 2. The van der Waals surface area contributed by atoms with Crippen molar-refractivity contribution in [3.05, 3.63) is 29.8 Å². The Hall–Kier alpha value is -2.55. The lowest BCUT2D eigenvalue weighted by molar-refractivity contribution is 0.0529. The molecule has 0 spiro atoms. The van der Waals surface area contributed by atoms with Crippen molar-refractivity contribution in [2.24, 2.45) is 5.10 Å². The van der Waals surface area contributed by atoms with Gasteiger partial charge < -0.3 is 9.47 Å². The Morgan fingerprint density at radius 1 is 1.45 bits per heavy atom. The van der Waals surface area contributed by atoms with Gasteiger partial charge in [-0.3, -0.25) is 0 Å². The van der Waals surface area contributed by atoms with Crippen LogP contribution in [0.3, 0.4) is 0 Å². The van der Waals surface area contributed by atoms with Crippen LogP contribution in [0.5, 0.6) is 5.75 Å². The summed E-state index contributed by atoms with van der Waals surface area (Å²) in [5, 5.41) is 12.3. The maximum Gasteiger partial charge on any atom is 0.428 e. The largest absolute Gasteiger partial charge is 0.478 e. The van der Waals surface area contributed by atoms with Crippen LogP contribution in [0.15, 0.2) is 29.4 Å². The SMILES string of the molecule is CC(C)(C)OC(=O)N/N=C\c1ccccc1OCC#N. The van der Waals surface area contributed by atoms with Crippen molar-refractivity contribution in [2.75, 3.05) is 6.61 Å². The number of benzene rings is 1. The maximum absolute atomic E-state index is 11.4. The number of nitrogens with one attached hydrogen (secondary N) is 1. The molecule has 1 aromatic carbocycles. The van der Waals surface area contributed by atoms with Gasteiger partial charge in [-0.25, -0.2) is 10.2 Å². The number of hydrogen-bond donors (Lipinski definition) is 1. The Morgan fingerprint density at radius 3 is 2.80 bits per heavy atom. The molecule has 1 rings (SSSR count).